The number of rotatable bonds is 4. The van der Waals surface area contributed by atoms with Crippen molar-refractivity contribution >= 4 is 27.7 Å². The first-order valence-electron chi connectivity index (χ1n) is 5.96. The number of nitrogens with one attached hydrogen (secondary N) is 1. The maximum atomic E-state index is 3.67. The van der Waals surface area contributed by atoms with Gasteiger partial charge in [-0.05, 0) is 46.9 Å². The summed E-state index contributed by atoms with van der Waals surface area (Å²) in [7, 11) is 0. The van der Waals surface area contributed by atoms with Gasteiger partial charge in [-0.2, -0.15) is 0 Å². The fraction of sp³-hybridized carbons (Fsp3) is 0.538. The molecule has 1 aliphatic rings. The van der Waals surface area contributed by atoms with Crippen molar-refractivity contribution in [2.75, 3.05) is 6.54 Å². The number of fused-ring (bicyclic) bond motifs is 1. The summed E-state index contributed by atoms with van der Waals surface area (Å²) in [4.78, 5) is 1.43. The van der Waals surface area contributed by atoms with Crippen molar-refractivity contribution in [3.05, 3.63) is 28.2 Å². The van der Waals surface area contributed by atoms with E-state index in [0.717, 1.165) is 6.54 Å². The van der Waals surface area contributed by atoms with Crippen molar-refractivity contribution in [2.45, 2.75) is 42.9 Å². The standard InChI is InChI=1S/C13H18BrNS/c1-3-8-15-12-9-6-5-7-10(14)13(9)16-11(12)4-2/h5-7,11-12,15H,3-4,8H2,1-2H3. The van der Waals surface area contributed by atoms with E-state index in [9.17, 15) is 0 Å². The smallest absolute Gasteiger partial charge is 0.0455 e. The summed E-state index contributed by atoms with van der Waals surface area (Å²) in [6.07, 6.45) is 2.41. The molecule has 0 spiro atoms. The van der Waals surface area contributed by atoms with E-state index in [1.165, 1.54) is 27.8 Å². The average molecular weight is 300 g/mol. The summed E-state index contributed by atoms with van der Waals surface area (Å²) >= 11 is 5.66. The van der Waals surface area contributed by atoms with Gasteiger partial charge in [-0.3, -0.25) is 0 Å². The zero-order valence-electron chi connectivity index (χ0n) is 9.79. The van der Waals surface area contributed by atoms with Crippen LogP contribution in [0.3, 0.4) is 0 Å². The van der Waals surface area contributed by atoms with Crippen LogP contribution in [0.25, 0.3) is 0 Å². The molecule has 0 bridgehead atoms. The van der Waals surface area contributed by atoms with E-state index in [0.29, 0.717) is 11.3 Å². The summed E-state index contributed by atoms with van der Waals surface area (Å²) in [5.74, 6) is 0. The number of halogens is 1. The predicted molar refractivity (Wildman–Crippen MR) is 75.1 cm³/mol. The van der Waals surface area contributed by atoms with Gasteiger partial charge in [-0.15, -0.1) is 11.8 Å². The van der Waals surface area contributed by atoms with Crippen LogP contribution in [-0.2, 0) is 0 Å². The van der Waals surface area contributed by atoms with Gasteiger partial charge in [-0.25, -0.2) is 0 Å². The van der Waals surface area contributed by atoms with E-state index >= 15 is 0 Å². The minimum absolute atomic E-state index is 0.530. The maximum Gasteiger partial charge on any atom is 0.0455 e. The van der Waals surface area contributed by atoms with Crippen molar-refractivity contribution in [1.29, 1.82) is 0 Å². The highest BCUT2D eigenvalue weighted by Crippen LogP contribution is 2.48. The molecule has 0 saturated carbocycles. The van der Waals surface area contributed by atoms with Crippen LogP contribution >= 0.6 is 27.7 Å². The summed E-state index contributed by atoms with van der Waals surface area (Å²) in [6, 6.07) is 7.07. The highest BCUT2D eigenvalue weighted by atomic mass is 79.9. The van der Waals surface area contributed by atoms with E-state index < -0.39 is 0 Å². The molecule has 2 unspecified atom stereocenters. The molecule has 0 amide bonds. The molecule has 1 aliphatic heterocycles. The number of benzene rings is 1. The lowest BCUT2D eigenvalue weighted by Gasteiger charge is -2.19. The van der Waals surface area contributed by atoms with Gasteiger partial charge in [0.2, 0.25) is 0 Å². The second-order valence-corrected chi connectivity index (χ2v) is 6.26. The van der Waals surface area contributed by atoms with Crippen LogP contribution < -0.4 is 5.32 Å². The van der Waals surface area contributed by atoms with Gasteiger partial charge in [-0.1, -0.05) is 26.0 Å². The van der Waals surface area contributed by atoms with E-state index in [4.69, 9.17) is 0 Å². The molecule has 1 N–H and O–H groups in total. The number of thioether (sulfide) groups is 1. The highest BCUT2D eigenvalue weighted by molar-refractivity contribution is 9.10. The highest BCUT2D eigenvalue weighted by Gasteiger charge is 2.32. The van der Waals surface area contributed by atoms with Crippen LogP contribution in [0.1, 0.15) is 38.3 Å². The Balaban J connectivity index is 2.26. The molecule has 0 aromatic heterocycles. The summed E-state index contributed by atoms with van der Waals surface area (Å²) < 4.78 is 1.24. The third-order valence-corrected chi connectivity index (χ3v) is 5.51. The lowest BCUT2D eigenvalue weighted by atomic mass is 10.0. The molecule has 0 aliphatic carbocycles. The molecule has 0 fully saturated rings. The predicted octanol–water partition coefficient (Wildman–Crippen LogP) is 4.37. The molecular formula is C13H18BrNS. The topological polar surface area (TPSA) is 12.0 Å². The first-order valence-corrected chi connectivity index (χ1v) is 7.63. The fourth-order valence-electron chi connectivity index (χ4n) is 2.17. The Morgan fingerprint density at radius 2 is 2.19 bits per heavy atom. The van der Waals surface area contributed by atoms with Gasteiger partial charge in [0.25, 0.3) is 0 Å². The van der Waals surface area contributed by atoms with Gasteiger partial charge in [0.05, 0.1) is 0 Å². The van der Waals surface area contributed by atoms with Gasteiger partial charge in [0.15, 0.2) is 0 Å². The molecule has 1 nitrogen and oxygen atoms in total. The molecule has 1 aromatic carbocycles. The van der Waals surface area contributed by atoms with E-state index in [2.05, 4.69) is 53.3 Å². The van der Waals surface area contributed by atoms with Crippen LogP contribution in [0.4, 0.5) is 0 Å². The van der Waals surface area contributed by atoms with Gasteiger partial charge >= 0.3 is 0 Å². The summed E-state index contributed by atoms with van der Waals surface area (Å²) in [6.45, 7) is 5.60. The Morgan fingerprint density at radius 1 is 1.38 bits per heavy atom. The second kappa shape index (κ2) is 5.56. The number of hydrogen-bond acceptors (Lipinski definition) is 2. The normalized spacial score (nSPS) is 23.4. The Hall–Kier alpha value is 0.01000. The third kappa shape index (κ3) is 2.31. The maximum absolute atomic E-state index is 3.67. The first-order chi connectivity index (χ1) is 7.77. The molecule has 1 heterocycles. The monoisotopic (exact) mass is 299 g/mol. The minimum Gasteiger partial charge on any atom is -0.309 e. The van der Waals surface area contributed by atoms with Crippen molar-refractivity contribution in [2.24, 2.45) is 0 Å². The molecule has 0 radical (unpaired) electrons. The summed E-state index contributed by atoms with van der Waals surface area (Å²) in [5.41, 5.74) is 1.47. The average Bonchev–Trinajstić information content (AvgIpc) is 2.66. The lowest BCUT2D eigenvalue weighted by Crippen LogP contribution is -2.27. The van der Waals surface area contributed by atoms with Crippen molar-refractivity contribution in [3.8, 4) is 0 Å². The van der Waals surface area contributed by atoms with Gasteiger partial charge < -0.3 is 5.32 Å². The second-order valence-electron chi connectivity index (χ2n) is 4.15. The zero-order valence-corrected chi connectivity index (χ0v) is 12.2. The fourth-order valence-corrected chi connectivity index (χ4v) is 4.20. The Morgan fingerprint density at radius 3 is 2.88 bits per heavy atom. The van der Waals surface area contributed by atoms with Gasteiger partial charge in [0.1, 0.15) is 0 Å². The molecule has 1 aromatic rings. The minimum atomic E-state index is 0.530. The number of hydrogen-bond donors (Lipinski definition) is 1. The van der Waals surface area contributed by atoms with Gasteiger partial charge in [0, 0.05) is 20.7 Å². The molecular weight excluding hydrogens is 282 g/mol. The van der Waals surface area contributed by atoms with Crippen molar-refractivity contribution < 1.29 is 0 Å². The molecule has 2 rings (SSSR count). The third-order valence-electron chi connectivity index (χ3n) is 2.99. The molecule has 16 heavy (non-hydrogen) atoms. The van der Waals surface area contributed by atoms with E-state index in [1.807, 2.05) is 11.8 Å². The van der Waals surface area contributed by atoms with Crippen LogP contribution in [-0.4, -0.2) is 11.8 Å². The largest absolute Gasteiger partial charge is 0.309 e. The Labute approximate surface area is 111 Å². The van der Waals surface area contributed by atoms with E-state index in [-0.39, 0.29) is 0 Å². The molecule has 0 saturated heterocycles. The molecule has 3 heteroatoms. The molecule has 2 atom stereocenters. The Kier molecular flexibility index (Phi) is 4.34. The Bertz CT molecular complexity index is 367. The van der Waals surface area contributed by atoms with Crippen LogP contribution in [0.15, 0.2) is 27.6 Å². The van der Waals surface area contributed by atoms with Crippen LogP contribution in [0.2, 0.25) is 0 Å². The quantitative estimate of drug-likeness (QED) is 0.886. The van der Waals surface area contributed by atoms with Crippen molar-refractivity contribution in [3.63, 3.8) is 0 Å². The summed E-state index contributed by atoms with van der Waals surface area (Å²) in [5, 5.41) is 4.35. The first kappa shape index (κ1) is 12.5. The lowest BCUT2D eigenvalue weighted by molar-refractivity contribution is 0.510. The van der Waals surface area contributed by atoms with Crippen molar-refractivity contribution in [1.82, 2.24) is 5.32 Å². The molecule has 88 valence electrons. The SMILES string of the molecule is CCCNC1c2cccc(Br)c2SC1CC. The zero-order chi connectivity index (χ0) is 11.5. The van der Waals surface area contributed by atoms with Crippen LogP contribution in [0.5, 0.6) is 0 Å². The van der Waals surface area contributed by atoms with Crippen LogP contribution in [0, 0.1) is 0 Å². The van der Waals surface area contributed by atoms with E-state index in [1.54, 1.807) is 0 Å².